The number of Topliss-reactive ketones (excluding diaryl/α,β-unsaturated/α-hetero) is 1. The van der Waals surface area contributed by atoms with Crippen LogP contribution >= 0.6 is 0 Å². The molecule has 0 fully saturated rings. The molecule has 4 heteroatoms. The molecule has 0 aromatic rings. The van der Waals surface area contributed by atoms with Crippen LogP contribution < -0.4 is 0 Å². The zero-order valence-electron chi connectivity index (χ0n) is 6.95. The Balaban J connectivity index is 3.91. The monoisotopic (exact) mass is 172 g/mol. The van der Waals surface area contributed by atoms with Crippen LogP contribution in [0.5, 0.6) is 0 Å². The second-order valence-corrected chi connectivity index (χ2v) is 2.56. The van der Waals surface area contributed by atoms with E-state index in [0.29, 0.717) is 6.42 Å². The summed E-state index contributed by atoms with van der Waals surface area (Å²) in [6, 6.07) is 0. The largest absolute Gasteiger partial charge is 0.481 e. The van der Waals surface area contributed by atoms with E-state index in [1.807, 2.05) is 0 Å². The normalized spacial score (nSPS) is 12.1. The number of aliphatic carboxylic acids is 1. The lowest BCUT2D eigenvalue weighted by Gasteiger charge is -2.06. The number of carboxylic acids is 1. The third-order valence-electron chi connectivity index (χ3n) is 1.72. The predicted octanol–water partition coefficient (Wildman–Crippen LogP) is 0.645. The van der Waals surface area contributed by atoms with Crippen LogP contribution in [0, 0.1) is 5.92 Å². The van der Waals surface area contributed by atoms with Crippen LogP contribution in [0.25, 0.3) is 0 Å². The summed E-state index contributed by atoms with van der Waals surface area (Å²) < 4.78 is 0. The zero-order valence-corrected chi connectivity index (χ0v) is 6.95. The fraction of sp³-hybridized carbons (Fsp3) is 0.625. The average molecular weight is 172 g/mol. The van der Waals surface area contributed by atoms with Crippen molar-refractivity contribution in [3.63, 3.8) is 0 Å². The van der Waals surface area contributed by atoms with Crippen molar-refractivity contribution in [2.24, 2.45) is 5.92 Å². The smallest absolute Gasteiger partial charge is 0.303 e. The maximum absolute atomic E-state index is 10.8. The molecule has 0 saturated carbocycles. The topological polar surface area (TPSA) is 71.4 Å². The van der Waals surface area contributed by atoms with Crippen molar-refractivity contribution in [3.8, 4) is 0 Å². The van der Waals surface area contributed by atoms with E-state index in [-0.39, 0.29) is 19.1 Å². The highest BCUT2D eigenvalue weighted by Gasteiger charge is 2.16. The first-order chi connectivity index (χ1) is 5.61. The molecule has 0 heterocycles. The number of carbonyl (C=O) groups excluding carboxylic acids is 2. The molecule has 0 bridgehead atoms. The van der Waals surface area contributed by atoms with Crippen molar-refractivity contribution >= 4 is 18.0 Å². The summed E-state index contributed by atoms with van der Waals surface area (Å²) in [6.07, 6.45) is 0.975. The van der Waals surface area contributed by atoms with E-state index in [1.54, 1.807) is 6.92 Å². The maximum atomic E-state index is 10.8. The lowest BCUT2D eigenvalue weighted by molar-refractivity contribution is -0.138. The van der Waals surface area contributed by atoms with Gasteiger partial charge in [0.15, 0.2) is 12.1 Å². The van der Waals surface area contributed by atoms with E-state index in [4.69, 9.17) is 5.11 Å². The van der Waals surface area contributed by atoms with E-state index < -0.39 is 17.7 Å². The zero-order chi connectivity index (χ0) is 9.56. The number of hydrogen-bond acceptors (Lipinski definition) is 3. The Morgan fingerprint density at radius 2 is 2.08 bits per heavy atom. The van der Waals surface area contributed by atoms with Crippen molar-refractivity contribution < 1.29 is 19.5 Å². The molecule has 0 rings (SSSR count). The quantitative estimate of drug-likeness (QED) is 0.471. The predicted molar refractivity (Wildman–Crippen MR) is 41.7 cm³/mol. The molecule has 4 nitrogen and oxygen atoms in total. The third-order valence-corrected chi connectivity index (χ3v) is 1.72. The van der Waals surface area contributed by atoms with Gasteiger partial charge in [0.25, 0.3) is 0 Å². The SMILES string of the molecule is CCC(CCC(=O)O)C(=O)C=O. The minimum absolute atomic E-state index is 0.0575. The van der Waals surface area contributed by atoms with Crippen LogP contribution in [0.1, 0.15) is 26.2 Å². The van der Waals surface area contributed by atoms with E-state index in [9.17, 15) is 14.4 Å². The first kappa shape index (κ1) is 10.8. The molecular formula is C8H12O4. The Kier molecular flexibility index (Phi) is 4.92. The van der Waals surface area contributed by atoms with Crippen molar-refractivity contribution in [1.82, 2.24) is 0 Å². The van der Waals surface area contributed by atoms with Gasteiger partial charge in [0, 0.05) is 12.3 Å². The van der Waals surface area contributed by atoms with Crippen molar-refractivity contribution in [2.45, 2.75) is 26.2 Å². The Bertz CT molecular complexity index is 185. The molecule has 0 saturated heterocycles. The van der Waals surface area contributed by atoms with Crippen LogP contribution in [-0.4, -0.2) is 23.1 Å². The molecule has 1 atom stereocenters. The number of rotatable bonds is 6. The molecule has 0 radical (unpaired) electrons. The van der Waals surface area contributed by atoms with Crippen LogP contribution in [0.4, 0.5) is 0 Å². The van der Waals surface area contributed by atoms with Crippen LogP contribution in [0.2, 0.25) is 0 Å². The third kappa shape index (κ3) is 3.85. The number of hydrogen-bond donors (Lipinski definition) is 1. The van der Waals surface area contributed by atoms with Crippen LogP contribution in [0.3, 0.4) is 0 Å². The van der Waals surface area contributed by atoms with Gasteiger partial charge in [-0.15, -0.1) is 0 Å². The summed E-state index contributed by atoms with van der Waals surface area (Å²) in [5, 5.41) is 8.31. The second kappa shape index (κ2) is 5.46. The highest BCUT2D eigenvalue weighted by molar-refractivity contribution is 6.25. The number of carboxylic acid groups (broad SMARTS) is 1. The number of aldehydes is 1. The summed E-state index contributed by atoms with van der Waals surface area (Å²) in [7, 11) is 0. The van der Waals surface area contributed by atoms with Gasteiger partial charge in [-0.3, -0.25) is 14.4 Å². The summed E-state index contributed by atoms with van der Waals surface area (Å²) in [4.78, 5) is 31.0. The van der Waals surface area contributed by atoms with E-state index >= 15 is 0 Å². The molecule has 0 aliphatic carbocycles. The van der Waals surface area contributed by atoms with Gasteiger partial charge in [-0.1, -0.05) is 6.92 Å². The molecule has 0 aliphatic rings. The summed E-state index contributed by atoms with van der Waals surface area (Å²) in [5.41, 5.74) is 0. The lowest BCUT2D eigenvalue weighted by Crippen LogP contribution is -2.15. The molecule has 0 amide bonds. The Morgan fingerprint density at radius 1 is 1.50 bits per heavy atom. The number of carbonyl (C=O) groups is 3. The van der Waals surface area contributed by atoms with Gasteiger partial charge in [0.05, 0.1) is 0 Å². The fourth-order valence-corrected chi connectivity index (χ4v) is 0.941. The molecule has 0 aromatic heterocycles. The summed E-state index contributed by atoms with van der Waals surface area (Å²) in [6.45, 7) is 1.76. The molecule has 68 valence electrons. The van der Waals surface area contributed by atoms with Gasteiger partial charge in [-0.05, 0) is 12.8 Å². The molecule has 0 spiro atoms. The first-order valence-electron chi connectivity index (χ1n) is 3.82. The van der Waals surface area contributed by atoms with Gasteiger partial charge in [-0.25, -0.2) is 0 Å². The van der Waals surface area contributed by atoms with Crippen LogP contribution in [0.15, 0.2) is 0 Å². The molecule has 0 aromatic carbocycles. The highest BCUT2D eigenvalue weighted by Crippen LogP contribution is 2.10. The minimum atomic E-state index is -0.938. The maximum Gasteiger partial charge on any atom is 0.303 e. The van der Waals surface area contributed by atoms with Gasteiger partial charge < -0.3 is 5.11 Å². The van der Waals surface area contributed by atoms with Crippen molar-refractivity contribution in [3.05, 3.63) is 0 Å². The fourth-order valence-electron chi connectivity index (χ4n) is 0.941. The van der Waals surface area contributed by atoms with Crippen LogP contribution in [-0.2, 0) is 14.4 Å². The molecule has 0 aliphatic heterocycles. The standard InChI is InChI=1S/C8H12O4/c1-2-6(7(10)5-9)3-4-8(11)12/h5-6H,2-4H2,1H3,(H,11,12). The highest BCUT2D eigenvalue weighted by atomic mass is 16.4. The van der Waals surface area contributed by atoms with E-state index in [1.165, 1.54) is 0 Å². The Hall–Kier alpha value is -1.19. The van der Waals surface area contributed by atoms with E-state index in [2.05, 4.69) is 0 Å². The van der Waals surface area contributed by atoms with E-state index in [0.717, 1.165) is 0 Å². The van der Waals surface area contributed by atoms with Gasteiger partial charge in [-0.2, -0.15) is 0 Å². The minimum Gasteiger partial charge on any atom is -0.481 e. The average Bonchev–Trinajstić information content (AvgIpc) is 2.04. The second-order valence-electron chi connectivity index (χ2n) is 2.56. The molecular weight excluding hydrogens is 160 g/mol. The van der Waals surface area contributed by atoms with Gasteiger partial charge >= 0.3 is 5.97 Å². The summed E-state index contributed by atoms with van der Waals surface area (Å²) in [5.74, 6) is -1.86. The molecule has 1 N–H and O–H groups in total. The van der Waals surface area contributed by atoms with Gasteiger partial charge in [0.1, 0.15) is 0 Å². The number of ketones is 1. The van der Waals surface area contributed by atoms with Crippen molar-refractivity contribution in [2.75, 3.05) is 0 Å². The first-order valence-corrected chi connectivity index (χ1v) is 3.82. The molecule has 1 unspecified atom stereocenters. The molecule has 12 heavy (non-hydrogen) atoms. The Morgan fingerprint density at radius 3 is 2.42 bits per heavy atom. The van der Waals surface area contributed by atoms with Crippen molar-refractivity contribution in [1.29, 1.82) is 0 Å². The lowest BCUT2D eigenvalue weighted by atomic mass is 9.96. The summed E-state index contributed by atoms with van der Waals surface area (Å²) >= 11 is 0. The Labute approximate surface area is 70.6 Å². The van der Waals surface area contributed by atoms with Gasteiger partial charge in [0.2, 0.25) is 0 Å².